The Hall–Kier alpha value is -1.96. The van der Waals surface area contributed by atoms with Crippen molar-refractivity contribution in [1.82, 2.24) is 5.32 Å². The second kappa shape index (κ2) is 4.71. The number of carbonyl (C=O) groups excluding carboxylic acids is 1. The van der Waals surface area contributed by atoms with E-state index in [4.69, 9.17) is 14.4 Å². The first-order valence-corrected chi connectivity index (χ1v) is 4.85. The minimum absolute atomic E-state index is 0.383. The maximum Gasteiger partial charge on any atom is 0.409 e. The molecular weight excluding hydrogens is 208 g/mol. The smallest absolute Gasteiger partial charge is 0.409 e. The minimum atomic E-state index is -0.829. The molecule has 1 aromatic heterocycles. The zero-order valence-electron chi connectivity index (χ0n) is 9.48. The lowest BCUT2D eigenvalue weighted by atomic mass is 10.2. The monoisotopic (exact) mass is 222 g/mol. The molecule has 1 atom stereocenters. The molecule has 1 aromatic rings. The molecule has 0 aromatic carbocycles. The van der Waals surface area contributed by atoms with Crippen molar-refractivity contribution >= 4 is 6.09 Å². The van der Waals surface area contributed by atoms with Crippen molar-refractivity contribution in [3.63, 3.8) is 0 Å². The second-order valence-corrected chi connectivity index (χ2v) is 4.22. The van der Waals surface area contributed by atoms with E-state index in [1.807, 2.05) is 6.07 Å². The summed E-state index contributed by atoms with van der Waals surface area (Å²) in [6.45, 7) is 5.25. The molecule has 5 nitrogen and oxygen atoms in total. The Kier molecular flexibility index (Phi) is 3.56. The van der Waals surface area contributed by atoms with Gasteiger partial charge in [0.1, 0.15) is 11.4 Å². The lowest BCUT2D eigenvalue weighted by Gasteiger charge is -2.20. The van der Waals surface area contributed by atoms with E-state index in [2.05, 4.69) is 5.32 Å². The third-order valence-electron chi connectivity index (χ3n) is 1.62. The van der Waals surface area contributed by atoms with Gasteiger partial charge in [-0.1, -0.05) is 0 Å². The van der Waals surface area contributed by atoms with E-state index in [-0.39, 0.29) is 0 Å². The highest BCUT2D eigenvalue weighted by Crippen LogP contribution is 2.14. The van der Waals surface area contributed by atoms with Crippen molar-refractivity contribution < 1.29 is 13.9 Å². The second-order valence-electron chi connectivity index (χ2n) is 4.22. The van der Waals surface area contributed by atoms with Gasteiger partial charge in [-0.2, -0.15) is 5.26 Å². The highest BCUT2D eigenvalue weighted by molar-refractivity contribution is 5.68. The fourth-order valence-corrected chi connectivity index (χ4v) is 1.05. The van der Waals surface area contributed by atoms with Gasteiger partial charge in [-0.15, -0.1) is 0 Å². The minimum Gasteiger partial charge on any atom is -0.466 e. The summed E-state index contributed by atoms with van der Waals surface area (Å²) in [7, 11) is 0. The van der Waals surface area contributed by atoms with E-state index in [0.717, 1.165) is 0 Å². The number of amides is 1. The van der Waals surface area contributed by atoms with Gasteiger partial charge in [0.2, 0.25) is 0 Å². The Bertz CT molecular complexity index is 384. The van der Waals surface area contributed by atoms with Crippen LogP contribution < -0.4 is 5.32 Å². The van der Waals surface area contributed by atoms with Crippen LogP contribution in [0.15, 0.2) is 22.8 Å². The first-order valence-electron chi connectivity index (χ1n) is 4.85. The molecule has 0 aliphatic heterocycles. The van der Waals surface area contributed by atoms with Gasteiger partial charge in [0.15, 0.2) is 6.04 Å². The zero-order chi connectivity index (χ0) is 12.2. The Labute approximate surface area is 94.0 Å². The molecule has 1 unspecified atom stereocenters. The number of hydrogen-bond donors (Lipinski definition) is 1. The maximum atomic E-state index is 11.4. The van der Waals surface area contributed by atoms with E-state index >= 15 is 0 Å². The summed E-state index contributed by atoms with van der Waals surface area (Å²) in [5.74, 6) is 0.383. The van der Waals surface area contributed by atoms with Crippen LogP contribution >= 0.6 is 0 Å². The van der Waals surface area contributed by atoms with Gasteiger partial charge in [0.25, 0.3) is 0 Å². The van der Waals surface area contributed by atoms with Crippen LogP contribution in [0.2, 0.25) is 0 Å². The first kappa shape index (κ1) is 12.1. The van der Waals surface area contributed by atoms with Crippen LogP contribution in [0, 0.1) is 11.3 Å². The summed E-state index contributed by atoms with van der Waals surface area (Å²) in [5, 5.41) is 11.3. The molecule has 0 saturated heterocycles. The fraction of sp³-hybridized carbons (Fsp3) is 0.455. The average Bonchev–Trinajstić information content (AvgIpc) is 2.63. The van der Waals surface area contributed by atoms with E-state index in [0.29, 0.717) is 5.76 Å². The van der Waals surface area contributed by atoms with Gasteiger partial charge in [-0.25, -0.2) is 4.79 Å². The normalized spacial score (nSPS) is 12.6. The standard InChI is InChI=1S/C11H14N2O3/c1-11(2,3)16-10(14)13-8(7-12)9-5-4-6-15-9/h4-6,8H,1-3H3,(H,13,14). The van der Waals surface area contributed by atoms with Crippen LogP contribution in [0.1, 0.15) is 32.6 Å². The molecule has 0 radical (unpaired) electrons. The Morgan fingerprint density at radius 1 is 1.62 bits per heavy atom. The molecule has 0 aliphatic carbocycles. The van der Waals surface area contributed by atoms with Gasteiger partial charge >= 0.3 is 6.09 Å². The topological polar surface area (TPSA) is 75.3 Å². The molecule has 0 aliphatic rings. The summed E-state index contributed by atoms with van der Waals surface area (Å²) in [5.41, 5.74) is -0.590. The largest absolute Gasteiger partial charge is 0.466 e. The molecular formula is C11H14N2O3. The van der Waals surface area contributed by atoms with E-state index in [1.54, 1.807) is 32.9 Å². The fourth-order valence-electron chi connectivity index (χ4n) is 1.05. The lowest BCUT2D eigenvalue weighted by Crippen LogP contribution is -2.34. The highest BCUT2D eigenvalue weighted by Gasteiger charge is 2.21. The van der Waals surface area contributed by atoms with Crippen LogP contribution in [0.5, 0.6) is 0 Å². The van der Waals surface area contributed by atoms with Crippen LogP contribution in [-0.2, 0) is 4.74 Å². The van der Waals surface area contributed by atoms with Crippen LogP contribution in [0.3, 0.4) is 0 Å². The summed E-state index contributed by atoms with van der Waals surface area (Å²) in [6, 6.07) is 4.35. The molecule has 0 spiro atoms. The number of nitriles is 1. The van der Waals surface area contributed by atoms with Crippen LogP contribution in [0.25, 0.3) is 0 Å². The van der Waals surface area contributed by atoms with Gasteiger partial charge in [0.05, 0.1) is 12.3 Å². The first-order chi connectivity index (χ1) is 7.42. The predicted octanol–water partition coefficient (Wildman–Crippen LogP) is 2.37. The molecule has 5 heteroatoms. The molecule has 0 bridgehead atoms. The molecule has 0 saturated carbocycles. The molecule has 1 rings (SSSR count). The summed E-state index contributed by atoms with van der Waals surface area (Å²) < 4.78 is 10.1. The van der Waals surface area contributed by atoms with Crippen molar-refractivity contribution in [2.75, 3.05) is 0 Å². The van der Waals surface area contributed by atoms with Gasteiger partial charge < -0.3 is 9.15 Å². The SMILES string of the molecule is CC(C)(C)OC(=O)NC(C#N)c1ccco1. The van der Waals surface area contributed by atoms with Crippen LogP contribution in [0.4, 0.5) is 4.79 Å². The summed E-state index contributed by atoms with van der Waals surface area (Å²) in [4.78, 5) is 11.4. The molecule has 1 amide bonds. The summed E-state index contributed by atoms with van der Waals surface area (Å²) in [6.07, 6.45) is 0.798. The predicted molar refractivity (Wildman–Crippen MR) is 56.4 cm³/mol. The zero-order valence-corrected chi connectivity index (χ0v) is 9.48. The number of hydrogen-bond acceptors (Lipinski definition) is 4. The number of nitrogens with one attached hydrogen (secondary N) is 1. The third-order valence-corrected chi connectivity index (χ3v) is 1.62. The molecule has 1 N–H and O–H groups in total. The molecule has 1 heterocycles. The number of carbonyl (C=O) groups is 1. The van der Waals surface area contributed by atoms with E-state index in [9.17, 15) is 4.79 Å². The molecule has 16 heavy (non-hydrogen) atoms. The van der Waals surface area contributed by atoms with Crippen molar-refractivity contribution in [2.45, 2.75) is 32.4 Å². The number of ether oxygens (including phenoxy) is 1. The lowest BCUT2D eigenvalue weighted by molar-refractivity contribution is 0.0510. The summed E-state index contributed by atoms with van der Waals surface area (Å²) >= 11 is 0. The van der Waals surface area contributed by atoms with E-state index < -0.39 is 17.7 Å². The Morgan fingerprint density at radius 3 is 2.75 bits per heavy atom. The van der Waals surface area contributed by atoms with Crippen molar-refractivity contribution in [3.05, 3.63) is 24.2 Å². The third kappa shape index (κ3) is 3.65. The number of nitrogens with zero attached hydrogens (tertiary/aromatic N) is 1. The Balaban J connectivity index is 2.59. The van der Waals surface area contributed by atoms with Crippen molar-refractivity contribution in [2.24, 2.45) is 0 Å². The molecule has 86 valence electrons. The number of furan rings is 1. The van der Waals surface area contributed by atoms with E-state index in [1.165, 1.54) is 6.26 Å². The van der Waals surface area contributed by atoms with Gasteiger partial charge in [0, 0.05) is 0 Å². The quantitative estimate of drug-likeness (QED) is 0.833. The van der Waals surface area contributed by atoms with Crippen molar-refractivity contribution in [1.29, 1.82) is 5.26 Å². The van der Waals surface area contributed by atoms with Gasteiger partial charge in [-0.3, -0.25) is 5.32 Å². The Morgan fingerprint density at radius 2 is 2.31 bits per heavy atom. The van der Waals surface area contributed by atoms with Gasteiger partial charge in [-0.05, 0) is 32.9 Å². The van der Waals surface area contributed by atoms with Crippen molar-refractivity contribution in [3.8, 4) is 6.07 Å². The highest BCUT2D eigenvalue weighted by atomic mass is 16.6. The number of alkyl carbamates (subject to hydrolysis) is 1. The molecule has 0 fully saturated rings. The average molecular weight is 222 g/mol. The maximum absolute atomic E-state index is 11.4. The number of rotatable bonds is 2. The van der Waals surface area contributed by atoms with Crippen LogP contribution in [-0.4, -0.2) is 11.7 Å².